The summed E-state index contributed by atoms with van der Waals surface area (Å²) in [5, 5.41) is 18.7. The molecule has 25 heavy (non-hydrogen) atoms. The summed E-state index contributed by atoms with van der Waals surface area (Å²) in [6, 6.07) is 7.85. The van der Waals surface area contributed by atoms with Gasteiger partial charge in [0.15, 0.2) is 5.79 Å². The molecule has 0 radical (unpaired) electrons. The van der Waals surface area contributed by atoms with E-state index in [1.807, 2.05) is 24.3 Å². The fourth-order valence-electron chi connectivity index (χ4n) is 2.40. The fourth-order valence-corrected chi connectivity index (χ4v) is 2.40. The largest absolute Gasteiger partial charge is 0.497 e. The summed E-state index contributed by atoms with van der Waals surface area (Å²) in [5.41, 5.74) is 1.13. The molecule has 1 aromatic rings. The summed E-state index contributed by atoms with van der Waals surface area (Å²) < 4.78 is 16.3. The monoisotopic (exact) mass is 352 g/mol. The van der Waals surface area contributed by atoms with Crippen LogP contribution in [-0.2, 0) is 16.1 Å². The summed E-state index contributed by atoms with van der Waals surface area (Å²) in [7, 11) is 1.65. The summed E-state index contributed by atoms with van der Waals surface area (Å²) >= 11 is 0. The van der Waals surface area contributed by atoms with Gasteiger partial charge in [0.2, 0.25) is 0 Å². The summed E-state index contributed by atoms with van der Waals surface area (Å²) in [4.78, 5) is 0. The first-order valence-corrected chi connectivity index (χ1v) is 8.81. The first kappa shape index (κ1) is 21.6. The van der Waals surface area contributed by atoms with E-state index in [0.29, 0.717) is 19.6 Å². The molecule has 142 valence electrons. The van der Waals surface area contributed by atoms with Crippen LogP contribution >= 0.6 is 0 Å². The Morgan fingerprint density at radius 2 is 1.76 bits per heavy atom. The van der Waals surface area contributed by atoms with Crippen LogP contribution in [0.2, 0.25) is 0 Å². The molecule has 0 aliphatic heterocycles. The third-order valence-corrected chi connectivity index (χ3v) is 3.58. The van der Waals surface area contributed by atoms with Crippen LogP contribution in [0, 0.1) is 0 Å². The van der Waals surface area contributed by atoms with Crippen LogP contribution in [0.1, 0.15) is 45.1 Å². The Morgan fingerprint density at radius 3 is 2.36 bits per heavy atom. The predicted octanol–water partition coefficient (Wildman–Crippen LogP) is 3.43. The van der Waals surface area contributed by atoms with Gasteiger partial charge in [-0.15, -0.1) is 0 Å². The lowest BCUT2D eigenvalue weighted by Crippen LogP contribution is -2.30. The molecule has 0 saturated heterocycles. The van der Waals surface area contributed by atoms with Gasteiger partial charge in [0.25, 0.3) is 0 Å². The van der Waals surface area contributed by atoms with E-state index in [-0.39, 0.29) is 12.7 Å². The van der Waals surface area contributed by atoms with Gasteiger partial charge in [-0.2, -0.15) is 0 Å². The van der Waals surface area contributed by atoms with E-state index in [4.69, 9.17) is 19.3 Å². The normalized spacial score (nSPS) is 13.3. The van der Waals surface area contributed by atoms with Crippen LogP contribution in [-0.4, -0.2) is 42.4 Å². The molecule has 0 amide bonds. The molecular formula is C20H32O5. The average molecular weight is 352 g/mol. The van der Waals surface area contributed by atoms with E-state index in [9.17, 15) is 5.11 Å². The lowest BCUT2D eigenvalue weighted by molar-refractivity contribution is -0.209. The molecule has 0 fully saturated rings. The SMILES string of the molecule is COc1ccc(COCC/C=C\CC[C@H](CCO)OC(C)(C)O)cc1. The van der Waals surface area contributed by atoms with Crippen molar-refractivity contribution in [3.8, 4) is 5.75 Å². The fraction of sp³-hybridized carbons (Fsp3) is 0.600. The zero-order valence-corrected chi connectivity index (χ0v) is 15.6. The highest BCUT2D eigenvalue weighted by molar-refractivity contribution is 5.26. The van der Waals surface area contributed by atoms with Crippen molar-refractivity contribution in [1.29, 1.82) is 0 Å². The first-order valence-electron chi connectivity index (χ1n) is 8.81. The van der Waals surface area contributed by atoms with E-state index in [2.05, 4.69) is 12.2 Å². The van der Waals surface area contributed by atoms with Gasteiger partial charge in [-0.1, -0.05) is 24.3 Å². The first-order chi connectivity index (χ1) is 11.9. The molecular weight excluding hydrogens is 320 g/mol. The number of methoxy groups -OCH3 is 1. The number of hydrogen-bond acceptors (Lipinski definition) is 5. The zero-order valence-electron chi connectivity index (χ0n) is 15.6. The van der Waals surface area contributed by atoms with Crippen LogP contribution in [0.5, 0.6) is 5.75 Å². The summed E-state index contributed by atoms with van der Waals surface area (Å²) in [5.74, 6) is -0.321. The standard InChI is InChI=1S/C20H32O5/c1-20(2,22)25-19(13-14-21)8-6-4-5-7-15-24-16-17-9-11-18(23-3)12-10-17/h4-5,9-12,19,21-22H,6-8,13-16H2,1-3H3/b5-4-/t19-/m1/s1. The van der Waals surface area contributed by atoms with Crippen LogP contribution in [0.15, 0.2) is 36.4 Å². The van der Waals surface area contributed by atoms with Gasteiger partial charge >= 0.3 is 0 Å². The summed E-state index contributed by atoms with van der Waals surface area (Å²) in [6.07, 6.45) is 7.05. The third-order valence-electron chi connectivity index (χ3n) is 3.58. The Labute approximate surface area is 151 Å². The molecule has 0 unspecified atom stereocenters. The molecule has 2 N–H and O–H groups in total. The molecule has 0 aromatic heterocycles. The number of ether oxygens (including phenoxy) is 3. The van der Waals surface area contributed by atoms with E-state index in [1.165, 1.54) is 0 Å². The topological polar surface area (TPSA) is 68.2 Å². The van der Waals surface area contributed by atoms with E-state index in [0.717, 1.165) is 30.6 Å². The molecule has 0 aliphatic rings. The number of allylic oxidation sites excluding steroid dienone is 1. The van der Waals surface area contributed by atoms with Crippen molar-refractivity contribution < 1.29 is 24.4 Å². The smallest absolute Gasteiger partial charge is 0.160 e. The zero-order chi connectivity index (χ0) is 18.5. The van der Waals surface area contributed by atoms with Gasteiger partial charge < -0.3 is 24.4 Å². The molecule has 0 spiro atoms. The van der Waals surface area contributed by atoms with Gasteiger partial charge in [-0.05, 0) is 57.2 Å². The highest BCUT2D eigenvalue weighted by Crippen LogP contribution is 2.15. The van der Waals surface area contributed by atoms with Crippen LogP contribution in [0.25, 0.3) is 0 Å². The number of aliphatic hydroxyl groups excluding tert-OH is 1. The molecule has 1 rings (SSSR count). The lowest BCUT2D eigenvalue weighted by atomic mass is 10.1. The number of aliphatic hydroxyl groups is 2. The van der Waals surface area contributed by atoms with Crippen molar-refractivity contribution in [3.05, 3.63) is 42.0 Å². The minimum Gasteiger partial charge on any atom is -0.497 e. The van der Waals surface area contributed by atoms with Crippen molar-refractivity contribution in [2.75, 3.05) is 20.3 Å². The molecule has 1 aromatic carbocycles. The van der Waals surface area contributed by atoms with Gasteiger partial charge in [0, 0.05) is 6.61 Å². The Hall–Kier alpha value is -1.40. The second kappa shape index (κ2) is 12.0. The highest BCUT2D eigenvalue weighted by Gasteiger charge is 2.19. The van der Waals surface area contributed by atoms with Gasteiger partial charge in [0.05, 0.1) is 26.4 Å². The van der Waals surface area contributed by atoms with Crippen LogP contribution < -0.4 is 4.74 Å². The molecule has 0 aliphatic carbocycles. The minimum atomic E-state index is -1.17. The van der Waals surface area contributed by atoms with Gasteiger partial charge in [-0.25, -0.2) is 0 Å². The van der Waals surface area contributed by atoms with E-state index < -0.39 is 5.79 Å². The molecule has 0 bridgehead atoms. The maximum atomic E-state index is 9.69. The molecule has 0 saturated carbocycles. The second-order valence-corrected chi connectivity index (χ2v) is 6.44. The maximum absolute atomic E-state index is 9.69. The van der Waals surface area contributed by atoms with Crippen molar-refractivity contribution >= 4 is 0 Å². The average Bonchev–Trinajstić information content (AvgIpc) is 2.56. The second-order valence-electron chi connectivity index (χ2n) is 6.44. The quantitative estimate of drug-likeness (QED) is 0.323. The molecule has 5 heteroatoms. The Bertz CT molecular complexity index is 476. The molecule has 1 atom stereocenters. The van der Waals surface area contributed by atoms with Crippen molar-refractivity contribution in [2.24, 2.45) is 0 Å². The lowest BCUT2D eigenvalue weighted by Gasteiger charge is -2.25. The third kappa shape index (κ3) is 10.9. The minimum absolute atomic E-state index is 0.0592. The Morgan fingerprint density at radius 1 is 1.08 bits per heavy atom. The number of hydrogen-bond donors (Lipinski definition) is 2. The van der Waals surface area contributed by atoms with Gasteiger partial charge in [0.1, 0.15) is 5.75 Å². The van der Waals surface area contributed by atoms with Crippen LogP contribution in [0.3, 0.4) is 0 Å². The van der Waals surface area contributed by atoms with Gasteiger partial charge in [-0.3, -0.25) is 0 Å². The molecule has 0 heterocycles. The van der Waals surface area contributed by atoms with E-state index in [1.54, 1.807) is 21.0 Å². The predicted molar refractivity (Wildman–Crippen MR) is 98.5 cm³/mol. The van der Waals surface area contributed by atoms with Crippen molar-refractivity contribution in [2.45, 2.75) is 58.0 Å². The van der Waals surface area contributed by atoms with E-state index >= 15 is 0 Å². The van der Waals surface area contributed by atoms with Crippen LogP contribution in [0.4, 0.5) is 0 Å². The van der Waals surface area contributed by atoms with Crippen molar-refractivity contribution in [3.63, 3.8) is 0 Å². The Balaban J connectivity index is 2.14. The summed E-state index contributed by atoms with van der Waals surface area (Å²) in [6.45, 7) is 4.53. The highest BCUT2D eigenvalue weighted by atomic mass is 16.6. The molecule has 5 nitrogen and oxygen atoms in total. The Kier molecular flexibility index (Phi) is 10.4. The number of rotatable bonds is 13. The van der Waals surface area contributed by atoms with Crippen molar-refractivity contribution in [1.82, 2.24) is 0 Å². The maximum Gasteiger partial charge on any atom is 0.160 e. The number of benzene rings is 1.